The SMILES string of the molecule is Cc1ccc(N(C(=O)C(F)(F)F)C2C=CS(=O)(=O)C2)cc1C. The number of carbonyl (C=O) groups excluding carboxylic acids is 1. The highest BCUT2D eigenvalue weighted by atomic mass is 32.2. The molecule has 22 heavy (non-hydrogen) atoms. The zero-order valence-electron chi connectivity index (χ0n) is 11.9. The maximum Gasteiger partial charge on any atom is 0.471 e. The van der Waals surface area contributed by atoms with Crippen LogP contribution in [0.5, 0.6) is 0 Å². The predicted molar refractivity (Wildman–Crippen MR) is 76.2 cm³/mol. The summed E-state index contributed by atoms with van der Waals surface area (Å²) in [4.78, 5) is 12.2. The predicted octanol–water partition coefficient (Wildman–Crippen LogP) is 2.51. The van der Waals surface area contributed by atoms with E-state index in [1.165, 1.54) is 12.1 Å². The summed E-state index contributed by atoms with van der Waals surface area (Å²) in [6, 6.07) is 3.25. The van der Waals surface area contributed by atoms with Crippen molar-refractivity contribution in [1.29, 1.82) is 0 Å². The van der Waals surface area contributed by atoms with Crippen molar-refractivity contribution in [2.24, 2.45) is 0 Å². The molecule has 1 aliphatic heterocycles. The second-order valence-corrected chi connectivity index (χ2v) is 7.10. The number of nitrogens with zero attached hydrogens (tertiary/aromatic N) is 1. The number of rotatable bonds is 2. The van der Waals surface area contributed by atoms with Gasteiger partial charge in [0.1, 0.15) is 0 Å². The van der Waals surface area contributed by atoms with E-state index in [-0.39, 0.29) is 5.69 Å². The Balaban J connectivity index is 2.49. The average Bonchev–Trinajstić information content (AvgIpc) is 2.73. The van der Waals surface area contributed by atoms with Crippen LogP contribution in [0.3, 0.4) is 0 Å². The molecule has 0 N–H and O–H groups in total. The molecule has 0 saturated carbocycles. The van der Waals surface area contributed by atoms with E-state index >= 15 is 0 Å². The van der Waals surface area contributed by atoms with Crippen molar-refractivity contribution in [3.8, 4) is 0 Å². The molecule has 0 aromatic heterocycles. The Hall–Kier alpha value is -1.83. The third kappa shape index (κ3) is 3.32. The normalized spacial score (nSPS) is 20.1. The molecule has 1 atom stereocenters. The second-order valence-electron chi connectivity index (χ2n) is 5.17. The maximum atomic E-state index is 12.8. The fourth-order valence-corrected chi connectivity index (χ4v) is 3.46. The van der Waals surface area contributed by atoms with Gasteiger partial charge < -0.3 is 0 Å². The molecule has 1 unspecified atom stereocenters. The van der Waals surface area contributed by atoms with Crippen LogP contribution in [-0.4, -0.2) is 32.3 Å². The fourth-order valence-electron chi connectivity index (χ4n) is 2.19. The average molecular weight is 333 g/mol. The molecule has 2 rings (SSSR count). The number of aryl methyl sites for hydroxylation is 2. The van der Waals surface area contributed by atoms with Gasteiger partial charge in [0.25, 0.3) is 0 Å². The van der Waals surface area contributed by atoms with E-state index < -0.39 is 33.7 Å². The Morgan fingerprint density at radius 3 is 2.32 bits per heavy atom. The van der Waals surface area contributed by atoms with E-state index in [9.17, 15) is 26.4 Å². The van der Waals surface area contributed by atoms with Crippen LogP contribution in [0.15, 0.2) is 29.7 Å². The number of carbonyl (C=O) groups is 1. The molecular formula is C14H14F3NO3S. The zero-order valence-corrected chi connectivity index (χ0v) is 12.7. The van der Waals surface area contributed by atoms with Gasteiger partial charge in [-0.05, 0) is 43.2 Å². The summed E-state index contributed by atoms with van der Waals surface area (Å²) in [7, 11) is -3.59. The number of hydrogen-bond acceptors (Lipinski definition) is 3. The molecular weight excluding hydrogens is 319 g/mol. The van der Waals surface area contributed by atoms with E-state index in [1.54, 1.807) is 19.9 Å². The summed E-state index contributed by atoms with van der Waals surface area (Å²) in [5, 5.41) is 0.843. The van der Waals surface area contributed by atoms with Gasteiger partial charge >= 0.3 is 12.1 Å². The smallest absolute Gasteiger partial charge is 0.297 e. The number of anilines is 1. The summed E-state index contributed by atoms with van der Waals surface area (Å²) in [6.45, 7) is 3.49. The van der Waals surface area contributed by atoms with Gasteiger partial charge in [-0.3, -0.25) is 9.69 Å². The Kier molecular flexibility index (Phi) is 4.08. The first kappa shape index (κ1) is 16.5. The van der Waals surface area contributed by atoms with Gasteiger partial charge in [0.2, 0.25) is 0 Å². The van der Waals surface area contributed by atoms with Crippen molar-refractivity contribution in [3.05, 3.63) is 40.8 Å². The van der Waals surface area contributed by atoms with Crippen LogP contribution in [0.1, 0.15) is 11.1 Å². The van der Waals surface area contributed by atoms with Crippen LogP contribution in [0.25, 0.3) is 0 Å². The Morgan fingerprint density at radius 1 is 1.23 bits per heavy atom. The molecule has 0 spiro atoms. The Morgan fingerprint density at radius 2 is 1.86 bits per heavy atom. The van der Waals surface area contributed by atoms with Crippen molar-refractivity contribution in [2.45, 2.75) is 26.1 Å². The standard InChI is InChI=1S/C14H14F3NO3S/c1-9-3-4-11(7-10(9)2)18(13(19)14(15,16)17)12-5-6-22(20,21)8-12/h3-7,12H,8H2,1-2H3. The third-order valence-electron chi connectivity index (χ3n) is 3.47. The van der Waals surface area contributed by atoms with Gasteiger partial charge in [-0.1, -0.05) is 6.07 Å². The van der Waals surface area contributed by atoms with Crippen LogP contribution >= 0.6 is 0 Å². The highest BCUT2D eigenvalue weighted by molar-refractivity contribution is 7.94. The van der Waals surface area contributed by atoms with Gasteiger partial charge in [0, 0.05) is 11.1 Å². The van der Waals surface area contributed by atoms with Crippen LogP contribution in [0, 0.1) is 13.8 Å². The summed E-state index contributed by atoms with van der Waals surface area (Å²) < 4.78 is 61.5. The van der Waals surface area contributed by atoms with Crippen molar-refractivity contribution in [2.75, 3.05) is 10.7 Å². The minimum atomic E-state index is -5.08. The molecule has 0 bridgehead atoms. The third-order valence-corrected chi connectivity index (χ3v) is 4.85. The fraction of sp³-hybridized carbons (Fsp3) is 0.357. The van der Waals surface area contributed by atoms with Gasteiger partial charge in [-0.2, -0.15) is 13.2 Å². The van der Waals surface area contributed by atoms with Crippen molar-refractivity contribution in [3.63, 3.8) is 0 Å². The number of alkyl halides is 3. The van der Waals surface area contributed by atoms with Crippen LogP contribution < -0.4 is 4.90 Å². The molecule has 0 fully saturated rings. The summed E-state index contributed by atoms with van der Waals surface area (Å²) in [5.41, 5.74) is 1.59. The minimum Gasteiger partial charge on any atom is -0.297 e. The molecule has 0 saturated heterocycles. The van der Waals surface area contributed by atoms with Crippen LogP contribution in [0.2, 0.25) is 0 Å². The molecule has 1 heterocycles. The molecule has 1 aliphatic rings. The van der Waals surface area contributed by atoms with E-state index in [1.807, 2.05) is 0 Å². The lowest BCUT2D eigenvalue weighted by Gasteiger charge is -2.28. The molecule has 0 aliphatic carbocycles. The molecule has 8 heteroatoms. The highest BCUT2D eigenvalue weighted by Gasteiger charge is 2.46. The first-order valence-corrected chi connectivity index (χ1v) is 8.11. The second kappa shape index (κ2) is 5.42. The number of halogens is 3. The highest BCUT2D eigenvalue weighted by Crippen LogP contribution is 2.29. The van der Waals surface area contributed by atoms with Crippen LogP contribution in [0.4, 0.5) is 18.9 Å². The van der Waals surface area contributed by atoms with E-state index in [0.29, 0.717) is 10.5 Å². The van der Waals surface area contributed by atoms with Crippen molar-refractivity contribution in [1.82, 2.24) is 0 Å². The quantitative estimate of drug-likeness (QED) is 0.836. The number of benzene rings is 1. The molecule has 1 aromatic rings. The van der Waals surface area contributed by atoms with Gasteiger partial charge in [-0.15, -0.1) is 0 Å². The van der Waals surface area contributed by atoms with Gasteiger partial charge in [0.05, 0.1) is 11.8 Å². The zero-order chi connectivity index (χ0) is 16.7. The van der Waals surface area contributed by atoms with E-state index in [2.05, 4.69) is 0 Å². The molecule has 120 valence electrons. The molecule has 0 radical (unpaired) electrons. The maximum absolute atomic E-state index is 12.8. The lowest BCUT2D eigenvalue weighted by atomic mass is 10.1. The molecule has 1 aromatic carbocycles. The van der Waals surface area contributed by atoms with Gasteiger partial charge in [0.15, 0.2) is 9.84 Å². The first-order valence-electron chi connectivity index (χ1n) is 6.40. The topological polar surface area (TPSA) is 54.5 Å². The summed E-state index contributed by atoms with van der Waals surface area (Å²) in [6.07, 6.45) is -3.98. The summed E-state index contributed by atoms with van der Waals surface area (Å²) in [5.74, 6) is -2.63. The molecule has 1 amide bonds. The summed E-state index contributed by atoms with van der Waals surface area (Å²) >= 11 is 0. The minimum absolute atomic E-state index is 0.0252. The van der Waals surface area contributed by atoms with E-state index in [4.69, 9.17) is 0 Å². The van der Waals surface area contributed by atoms with E-state index in [0.717, 1.165) is 17.0 Å². The monoisotopic (exact) mass is 333 g/mol. The largest absolute Gasteiger partial charge is 0.471 e. The Bertz CT molecular complexity index is 738. The first-order chi connectivity index (χ1) is 10.0. The van der Waals surface area contributed by atoms with Crippen molar-refractivity contribution >= 4 is 21.4 Å². The molecule has 4 nitrogen and oxygen atoms in total. The lowest BCUT2D eigenvalue weighted by Crippen LogP contribution is -2.48. The van der Waals surface area contributed by atoms with Gasteiger partial charge in [-0.25, -0.2) is 8.42 Å². The number of amides is 1. The number of sulfone groups is 1. The number of hydrogen-bond donors (Lipinski definition) is 0. The lowest BCUT2D eigenvalue weighted by molar-refractivity contribution is -0.170. The Labute approximate surface area is 126 Å². The van der Waals surface area contributed by atoms with Crippen LogP contribution in [-0.2, 0) is 14.6 Å². The van der Waals surface area contributed by atoms with Crippen molar-refractivity contribution < 1.29 is 26.4 Å².